The third-order valence-corrected chi connectivity index (χ3v) is 4.46. The summed E-state index contributed by atoms with van der Waals surface area (Å²) in [7, 11) is 0. The fourth-order valence-electron chi connectivity index (χ4n) is 2.40. The molecule has 3 aromatic carbocycles. The zero-order chi connectivity index (χ0) is 16.8. The lowest BCUT2D eigenvalue weighted by molar-refractivity contribution is 0.199. The van der Waals surface area contributed by atoms with Crippen molar-refractivity contribution in [2.75, 3.05) is 13.2 Å². The Bertz CT molecular complexity index is 806. The molecule has 0 unspecified atom stereocenters. The number of hydrogen-bond donors (Lipinski definition) is 1. The van der Waals surface area contributed by atoms with Crippen molar-refractivity contribution in [1.29, 1.82) is 0 Å². The number of benzene rings is 3. The Balaban J connectivity index is 2.01. The molecule has 0 saturated heterocycles. The number of halogens is 1. The number of hydrogen-bond acceptors (Lipinski definition) is 3. The van der Waals surface area contributed by atoms with E-state index >= 15 is 0 Å². The summed E-state index contributed by atoms with van der Waals surface area (Å²) in [4.78, 5) is 1.68. The van der Waals surface area contributed by atoms with Gasteiger partial charge in [0.1, 0.15) is 18.2 Å². The molecule has 0 heterocycles. The summed E-state index contributed by atoms with van der Waals surface area (Å²) in [6.45, 7) is 0.147. The minimum atomic E-state index is -0.267. The van der Waals surface area contributed by atoms with E-state index < -0.39 is 0 Å². The van der Waals surface area contributed by atoms with Crippen LogP contribution in [0.2, 0.25) is 0 Å². The van der Waals surface area contributed by atoms with Gasteiger partial charge in [0.25, 0.3) is 0 Å². The summed E-state index contributed by atoms with van der Waals surface area (Å²) >= 11 is 1.44. The standard InChI is InChI=1S/C20H17FO2S/c21-16-8-4-9-17(14-16)24-19-11-5-10-18(20(19)23-13-12-22)15-6-2-1-3-7-15/h1-11,14,22H,12-13H2. The van der Waals surface area contributed by atoms with Crippen LogP contribution in [0.4, 0.5) is 4.39 Å². The van der Waals surface area contributed by atoms with E-state index in [1.54, 1.807) is 6.07 Å². The molecule has 0 aliphatic heterocycles. The van der Waals surface area contributed by atoms with E-state index in [2.05, 4.69) is 0 Å². The minimum absolute atomic E-state index is 0.0623. The second kappa shape index (κ2) is 7.99. The van der Waals surface area contributed by atoms with Gasteiger partial charge < -0.3 is 9.84 Å². The fourth-order valence-corrected chi connectivity index (χ4v) is 3.38. The first-order valence-electron chi connectivity index (χ1n) is 7.63. The van der Waals surface area contributed by atoms with Gasteiger partial charge >= 0.3 is 0 Å². The molecular weight excluding hydrogens is 323 g/mol. The van der Waals surface area contributed by atoms with Crippen LogP contribution in [0.1, 0.15) is 0 Å². The van der Waals surface area contributed by atoms with Crippen molar-refractivity contribution in [3.8, 4) is 16.9 Å². The van der Waals surface area contributed by atoms with Crippen molar-refractivity contribution in [3.05, 3.63) is 78.6 Å². The Morgan fingerprint density at radius 2 is 1.71 bits per heavy atom. The van der Waals surface area contributed by atoms with Crippen molar-refractivity contribution in [2.24, 2.45) is 0 Å². The van der Waals surface area contributed by atoms with E-state index in [1.165, 1.54) is 23.9 Å². The fraction of sp³-hybridized carbons (Fsp3) is 0.100. The van der Waals surface area contributed by atoms with Gasteiger partial charge in [-0.15, -0.1) is 0 Å². The van der Waals surface area contributed by atoms with Crippen LogP contribution < -0.4 is 4.74 Å². The highest BCUT2D eigenvalue weighted by atomic mass is 32.2. The van der Waals surface area contributed by atoms with Gasteiger partial charge in [0.15, 0.2) is 0 Å². The van der Waals surface area contributed by atoms with Crippen LogP contribution in [0, 0.1) is 5.82 Å². The molecule has 1 N–H and O–H groups in total. The van der Waals surface area contributed by atoms with Crippen LogP contribution in [0.3, 0.4) is 0 Å². The zero-order valence-corrected chi connectivity index (χ0v) is 13.8. The largest absolute Gasteiger partial charge is 0.489 e. The smallest absolute Gasteiger partial charge is 0.141 e. The van der Waals surface area contributed by atoms with E-state index in [0.29, 0.717) is 5.75 Å². The predicted octanol–water partition coefficient (Wildman–Crippen LogP) is 5.02. The highest BCUT2D eigenvalue weighted by Crippen LogP contribution is 2.41. The van der Waals surface area contributed by atoms with Crippen LogP contribution in [-0.2, 0) is 0 Å². The first kappa shape index (κ1) is 16.6. The highest BCUT2D eigenvalue weighted by Gasteiger charge is 2.13. The molecule has 0 aliphatic rings. The zero-order valence-electron chi connectivity index (χ0n) is 13.0. The van der Waals surface area contributed by atoms with E-state index in [-0.39, 0.29) is 19.0 Å². The molecule has 0 aliphatic carbocycles. The second-order valence-corrected chi connectivity index (χ2v) is 6.25. The molecule has 3 aromatic rings. The van der Waals surface area contributed by atoms with Crippen LogP contribution in [0.5, 0.6) is 5.75 Å². The second-order valence-electron chi connectivity index (χ2n) is 5.13. The molecule has 0 radical (unpaired) electrons. The van der Waals surface area contributed by atoms with Gasteiger partial charge in [0.2, 0.25) is 0 Å². The highest BCUT2D eigenvalue weighted by molar-refractivity contribution is 7.99. The molecule has 2 nitrogen and oxygen atoms in total. The molecule has 0 bridgehead atoms. The van der Waals surface area contributed by atoms with Gasteiger partial charge in [-0.25, -0.2) is 4.39 Å². The summed E-state index contributed by atoms with van der Waals surface area (Å²) in [5.41, 5.74) is 1.98. The SMILES string of the molecule is OCCOc1c(Sc2cccc(F)c2)cccc1-c1ccccc1. The molecule has 4 heteroatoms. The molecule has 0 fully saturated rings. The quantitative estimate of drug-likeness (QED) is 0.683. The lowest BCUT2D eigenvalue weighted by Gasteiger charge is -2.15. The molecular formula is C20H17FO2S. The maximum Gasteiger partial charge on any atom is 0.141 e. The van der Waals surface area contributed by atoms with Gasteiger partial charge in [0, 0.05) is 10.5 Å². The third kappa shape index (κ3) is 3.96. The van der Waals surface area contributed by atoms with Gasteiger partial charge in [-0.3, -0.25) is 0 Å². The first-order valence-corrected chi connectivity index (χ1v) is 8.45. The molecule has 0 atom stereocenters. The summed E-state index contributed by atoms with van der Waals surface area (Å²) in [6, 6.07) is 22.3. The number of ether oxygens (including phenoxy) is 1. The van der Waals surface area contributed by atoms with Crippen LogP contribution in [-0.4, -0.2) is 18.3 Å². The van der Waals surface area contributed by atoms with Crippen molar-refractivity contribution in [2.45, 2.75) is 9.79 Å². The summed E-state index contributed by atoms with van der Waals surface area (Å²) in [6.07, 6.45) is 0. The van der Waals surface area contributed by atoms with E-state index in [4.69, 9.17) is 9.84 Å². The normalized spacial score (nSPS) is 10.6. The van der Waals surface area contributed by atoms with Gasteiger partial charge in [-0.05, 0) is 29.8 Å². The maximum absolute atomic E-state index is 13.4. The van der Waals surface area contributed by atoms with E-state index in [1.807, 2.05) is 54.6 Å². The number of aliphatic hydroxyl groups is 1. The van der Waals surface area contributed by atoms with Crippen molar-refractivity contribution >= 4 is 11.8 Å². The summed E-state index contributed by atoms with van der Waals surface area (Å²) in [5, 5.41) is 9.12. The Morgan fingerprint density at radius 1 is 0.917 bits per heavy atom. The van der Waals surface area contributed by atoms with Crippen molar-refractivity contribution in [1.82, 2.24) is 0 Å². The molecule has 0 aromatic heterocycles. The minimum Gasteiger partial charge on any atom is -0.489 e. The Morgan fingerprint density at radius 3 is 2.46 bits per heavy atom. The van der Waals surface area contributed by atoms with E-state index in [0.717, 1.165) is 20.9 Å². The predicted molar refractivity (Wildman–Crippen MR) is 95.0 cm³/mol. The molecule has 24 heavy (non-hydrogen) atoms. The average molecular weight is 340 g/mol. The molecule has 122 valence electrons. The van der Waals surface area contributed by atoms with Crippen LogP contribution in [0.25, 0.3) is 11.1 Å². The third-order valence-electron chi connectivity index (χ3n) is 3.43. The number of para-hydroxylation sites is 1. The lowest BCUT2D eigenvalue weighted by atomic mass is 10.0. The summed E-state index contributed by atoms with van der Waals surface area (Å²) in [5.74, 6) is 0.434. The van der Waals surface area contributed by atoms with Crippen LogP contribution in [0.15, 0.2) is 82.6 Å². The molecule has 0 amide bonds. The topological polar surface area (TPSA) is 29.5 Å². The monoisotopic (exact) mass is 340 g/mol. The molecule has 0 saturated carbocycles. The Kier molecular flexibility index (Phi) is 5.51. The van der Waals surface area contributed by atoms with Gasteiger partial charge in [-0.2, -0.15) is 0 Å². The lowest BCUT2D eigenvalue weighted by Crippen LogP contribution is -2.03. The number of aliphatic hydroxyl groups excluding tert-OH is 1. The maximum atomic E-state index is 13.4. The summed E-state index contributed by atoms with van der Waals surface area (Å²) < 4.78 is 19.2. The first-order chi connectivity index (χ1) is 11.8. The van der Waals surface area contributed by atoms with E-state index in [9.17, 15) is 4.39 Å². The van der Waals surface area contributed by atoms with Gasteiger partial charge in [-0.1, -0.05) is 60.3 Å². The molecule has 0 spiro atoms. The van der Waals surface area contributed by atoms with Crippen LogP contribution >= 0.6 is 11.8 Å². The van der Waals surface area contributed by atoms with Gasteiger partial charge in [0.05, 0.1) is 11.5 Å². The Hall–Kier alpha value is -2.30. The van der Waals surface area contributed by atoms with Crippen molar-refractivity contribution < 1.29 is 14.2 Å². The Labute approximate surface area is 144 Å². The molecule has 3 rings (SSSR count). The van der Waals surface area contributed by atoms with Crippen molar-refractivity contribution in [3.63, 3.8) is 0 Å². The number of rotatable bonds is 6. The average Bonchev–Trinajstić information content (AvgIpc) is 2.61.